The third-order valence-electron chi connectivity index (χ3n) is 4.37. The van der Waals surface area contributed by atoms with Gasteiger partial charge in [-0.2, -0.15) is 0 Å². The summed E-state index contributed by atoms with van der Waals surface area (Å²) in [4.78, 5) is 0. The summed E-state index contributed by atoms with van der Waals surface area (Å²) >= 11 is 0. The molecule has 1 N–H and O–H groups in total. The molecule has 124 valence electrons. The minimum absolute atomic E-state index is 0.317. The second-order valence-corrected chi connectivity index (χ2v) is 6.55. The fourth-order valence-electron chi connectivity index (χ4n) is 2.67. The predicted molar refractivity (Wildman–Crippen MR) is 96.6 cm³/mol. The topological polar surface area (TPSA) is 20.2 Å². The highest BCUT2D eigenvalue weighted by molar-refractivity contribution is 5.17. The zero-order valence-corrected chi connectivity index (χ0v) is 14.6. The highest BCUT2D eigenvalue weighted by Gasteiger charge is 2.34. The molecule has 0 saturated heterocycles. The number of aliphatic hydroxyl groups is 1. The van der Waals surface area contributed by atoms with E-state index in [2.05, 4.69) is 37.8 Å². The normalized spacial score (nSPS) is 22.0. The summed E-state index contributed by atoms with van der Waals surface area (Å²) in [5.74, 6) is 8.00. The Balaban J connectivity index is 2.04. The Morgan fingerprint density at radius 1 is 1.09 bits per heavy atom. The molecular formula is C21H34O. The maximum atomic E-state index is 9.74. The number of hydrogen-bond acceptors (Lipinski definition) is 1. The van der Waals surface area contributed by atoms with Crippen molar-refractivity contribution in [2.75, 3.05) is 0 Å². The molecule has 1 heteroatoms. The summed E-state index contributed by atoms with van der Waals surface area (Å²) in [6.07, 6.45) is 19.9. The Morgan fingerprint density at radius 3 is 2.68 bits per heavy atom. The lowest BCUT2D eigenvalue weighted by molar-refractivity contribution is 0.208. The minimum atomic E-state index is -0.317. The van der Waals surface area contributed by atoms with Crippen molar-refractivity contribution in [2.45, 2.75) is 84.2 Å². The lowest BCUT2D eigenvalue weighted by Gasteiger charge is -2.02. The van der Waals surface area contributed by atoms with Crippen LogP contribution in [0.5, 0.6) is 0 Å². The highest BCUT2D eigenvalue weighted by Crippen LogP contribution is 2.43. The van der Waals surface area contributed by atoms with E-state index in [0.717, 1.165) is 31.1 Å². The van der Waals surface area contributed by atoms with Gasteiger partial charge in [-0.05, 0) is 49.7 Å². The van der Waals surface area contributed by atoms with Crippen molar-refractivity contribution in [3.05, 3.63) is 24.3 Å². The molecule has 1 saturated carbocycles. The molecule has 0 bridgehead atoms. The van der Waals surface area contributed by atoms with E-state index in [-0.39, 0.29) is 6.10 Å². The van der Waals surface area contributed by atoms with Gasteiger partial charge in [0.1, 0.15) is 0 Å². The fraction of sp³-hybridized carbons (Fsp3) is 0.714. The summed E-state index contributed by atoms with van der Waals surface area (Å²) in [7, 11) is 0. The molecular weight excluding hydrogens is 268 g/mol. The van der Waals surface area contributed by atoms with Gasteiger partial charge in [0.2, 0.25) is 0 Å². The lowest BCUT2D eigenvalue weighted by atomic mass is 10.1. The van der Waals surface area contributed by atoms with E-state index in [4.69, 9.17) is 0 Å². The van der Waals surface area contributed by atoms with E-state index in [1.54, 1.807) is 0 Å². The van der Waals surface area contributed by atoms with Crippen molar-refractivity contribution < 1.29 is 5.11 Å². The molecule has 0 aromatic carbocycles. The Bertz CT molecular complexity index is 382. The molecule has 1 rings (SSSR count). The molecule has 3 atom stereocenters. The van der Waals surface area contributed by atoms with E-state index in [0.29, 0.717) is 0 Å². The van der Waals surface area contributed by atoms with Gasteiger partial charge >= 0.3 is 0 Å². The van der Waals surface area contributed by atoms with E-state index in [1.807, 2.05) is 12.2 Å². The first-order chi connectivity index (χ1) is 10.8. The van der Waals surface area contributed by atoms with Gasteiger partial charge in [-0.3, -0.25) is 0 Å². The van der Waals surface area contributed by atoms with E-state index < -0.39 is 0 Å². The van der Waals surface area contributed by atoms with Gasteiger partial charge in [0.05, 0.1) is 6.10 Å². The third kappa shape index (κ3) is 9.85. The number of hydrogen-bond donors (Lipinski definition) is 1. The molecule has 22 heavy (non-hydrogen) atoms. The van der Waals surface area contributed by atoms with Crippen molar-refractivity contribution in [1.82, 2.24) is 0 Å². The van der Waals surface area contributed by atoms with Crippen LogP contribution >= 0.6 is 0 Å². The first kappa shape index (κ1) is 19.0. The first-order valence-corrected chi connectivity index (χ1v) is 9.26. The highest BCUT2D eigenvalue weighted by atomic mass is 16.3. The second-order valence-electron chi connectivity index (χ2n) is 6.55. The van der Waals surface area contributed by atoms with Crippen LogP contribution in [0, 0.1) is 23.7 Å². The lowest BCUT2D eigenvalue weighted by Crippen LogP contribution is -2.00. The third-order valence-corrected chi connectivity index (χ3v) is 4.37. The van der Waals surface area contributed by atoms with Crippen molar-refractivity contribution >= 4 is 0 Å². The number of rotatable bonds is 11. The number of aliphatic hydroxyl groups excluding tert-OH is 1. The van der Waals surface area contributed by atoms with Crippen molar-refractivity contribution in [2.24, 2.45) is 11.8 Å². The van der Waals surface area contributed by atoms with Gasteiger partial charge in [0.15, 0.2) is 0 Å². The maximum Gasteiger partial charge on any atom is 0.0730 e. The van der Waals surface area contributed by atoms with Crippen LogP contribution in [0.15, 0.2) is 24.3 Å². The van der Waals surface area contributed by atoms with E-state index >= 15 is 0 Å². The summed E-state index contributed by atoms with van der Waals surface area (Å²) in [5.41, 5.74) is 0. The molecule has 1 aliphatic carbocycles. The summed E-state index contributed by atoms with van der Waals surface area (Å²) in [6.45, 7) is 4.42. The molecule has 0 radical (unpaired) electrons. The molecule has 0 amide bonds. The maximum absolute atomic E-state index is 9.74. The molecule has 0 spiro atoms. The number of allylic oxidation sites excluding steroid dienone is 3. The quantitative estimate of drug-likeness (QED) is 0.297. The van der Waals surface area contributed by atoms with Crippen LogP contribution < -0.4 is 0 Å². The smallest absolute Gasteiger partial charge is 0.0730 e. The molecule has 0 heterocycles. The van der Waals surface area contributed by atoms with Crippen LogP contribution in [-0.2, 0) is 0 Å². The Labute approximate surface area is 137 Å². The molecule has 1 fully saturated rings. The van der Waals surface area contributed by atoms with Crippen molar-refractivity contribution in [3.8, 4) is 11.8 Å². The van der Waals surface area contributed by atoms with Gasteiger partial charge in [-0.1, -0.05) is 69.9 Å². The Morgan fingerprint density at radius 2 is 1.91 bits per heavy atom. The van der Waals surface area contributed by atoms with Gasteiger partial charge in [-0.25, -0.2) is 0 Å². The first-order valence-electron chi connectivity index (χ1n) is 9.26. The van der Waals surface area contributed by atoms with Crippen LogP contribution in [-0.4, -0.2) is 11.2 Å². The van der Waals surface area contributed by atoms with Crippen molar-refractivity contribution in [3.63, 3.8) is 0 Å². The van der Waals surface area contributed by atoms with Crippen molar-refractivity contribution in [1.29, 1.82) is 0 Å². The largest absolute Gasteiger partial charge is 0.389 e. The minimum Gasteiger partial charge on any atom is -0.389 e. The molecule has 0 aromatic heterocycles. The SMILES string of the molecule is CCCC/C=C\C[C@H]1C[C@@H]1CC#C/C=C/[C@H](O)CCCCC. The zero-order chi connectivity index (χ0) is 16.0. The van der Waals surface area contributed by atoms with Crippen LogP contribution in [0.3, 0.4) is 0 Å². The van der Waals surface area contributed by atoms with Crippen LogP contribution in [0.2, 0.25) is 0 Å². The van der Waals surface area contributed by atoms with Gasteiger partial charge < -0.3 is 5.11 Å². The Hall–Kier alpha value is -1.00. The van der Waals surface area contributed by atoms with E-state index in [1.165, 1.54) is 44.9 Å². The molecule has 0 aromatic rings. The number of unbranched alkanes of at least 4 members (excludes halogenated alkanes) is 4. The predicted octanol–water partition coefficient (Wildman–Crippen LogP) is 5.65. The Kier molecular flexibility index (Phi) is 10.9. The molecule has 0 unspecified atom stereocenters. The summed E-state index contributed by atoms with van der Waals surface area (Å²) in [5, 5.41) is 9.74. The van der Waals surface area contributed by atoms with Crippen LogP contribution in [0.4, 0.5) is 0 Å². The molecule has 1 nitrogen and oxygen atoms in total. The second kappa shape index (κ2) is 12.5. The monoisotopic (exact) mass is 302 g/mol. The van der Waals surface area contributed by atoms with Gasteiger partial charge in [0.25, 0.3) is 0 Å². The van der Waals surface area contributed by atoms with Crippen LogP contribution in [0.25, 0.3) is 0 Å². The average molecular weight is 303 g/mol. The average Bonchev–Trinajstić information content (AvgIpc) is 3.25. The molecule has 1 aliphatic rings. The standard InChI is InChI=1S/C21H34O/c1-3-5-7-8-11-14-19-18-20(19)15-12-9-13-17-21(22)16-10-6-4-2/h8,11,13,17,19-22H,3-7,10,14-16,18H2,1-2H3/b11-8-,17-13+/t19-,20-,21+/m0/s1. The fourth-order valence-corrected chi connectivity index (χ4v) is 2.67. The van der Waals surface area contributed by atoms with E-state index in [9.17, 15) is 5.11 Å². The van der Waals surface area contributed by atoms with Gasteiger partial charge in [0, 0.05) is 6.42 Å². The molecule has 0 aliphatic heterocycles. The summed E-state index contributed by atoms with van der Waals surface area (Å²) < 4.78 is 0. The van der Waals surface area contributed by atoms with Gasteiger partial charge in [-0.15, -0.1) is 0 Å². The summed E-state index contributed by atoms with van der Waals surface area (Å²) in [6, 6.07) is 0. The zero-order valence-electron chi connectivity index (χ0n) is 14.6. The van der Waals surface area contributed by atoms with Crippen LogP contribution in [0.1, 0.15) is 78.1 Å².